The summed E-state index contributed by atoms with van der Waals surface area (Å²) in [5, 5.41) is 8.13. The Balaban J connectivity index is 1.84. The summed E-state index contributed by atoms with van der Waals surface area (Å²) >= 11 is 0. The predicted molar refractivity (Wildman–Crippen MR) is 71.0 cm³/mol. The average Bonchev–Trinajstić information content (AvgIpc) is 2.88. The number of nitrogens with zero attached hydrogens (tertiary/aromatic N) is 3. The van der Waals surface area contributed by atoms with E-state index < -0.39 is 0 Å². The van der Waals surface area contributed by atoms with Gasteiger partial charge in [0.25, 0.3) is 0 Å². The van der Waals surface area contributed by atoms with E-state index in [1.807, 2.05) is 42.6 Å². The molecule has 4 heteroatoms. The monoisotopic (exact) mass is 253 g/mol. The lowest BCUT2D eigenvalue weighted by molar-refractivity contribution is 0.628. The van der Waals surface area contributed by atoms with Gasteiger partial charge in [-0.3, -0.25) is 0 Å². The molecule has 2 aromatic carbocycles. The molecule has 0 fully saturated rings. The van der Waals surface area contributed by atoms with Crippen LogP contribution in [0, 0.1) is 5.82 Å². The van der Waals surface area contributed by atoms with Gasteiger partial charge >= 0.3 is 0 Å². The lowest BCUT2D eigenvalue weighted by Gasteiger charge is -1.99. The standard InChI is InChI=1S/C15H12FN3/c16-14-8-4-7-13(9-14)15-11-19(18-17-15)10-12-5-2-1-3-6-12/h1-9,11H,10H2. The molecule has 3 rings (SSSR count). The van der Waals surface area contributed by atoms with Crippen LogP contribution in [0.3, 0.4) is 0 Å². The molecule has 1 aromatic heterocycles. The van der Waals surface area contributed by atoms with Gasteiger partial charge < -0.3 is 0 Å². The van der Waals surface area contributed by atoms with Crippen molar-refractivity contribution >= 4 is 0 Å². The molecule has 0 unspecified atom stereocenters. The molecular formula is C15H12FN3. The Kier molecular flexibility index (Phi) is 3.06. The quantitative estimate of drug-likeness (QED) is 0.718. The first-order valence-electron chi connectivity index (χ1n) is 6.01. The van der Waals surface area contributed by atoms with E-state index in [0.717, 1.165) is 11.1 Å². The molecule has 0 bridgehead atoms. The van der Waals surface area contributed by atoms with Gasteiger partial charge in [-0.05, 0) is 17.7 Å². The smallest absolute Gasteiger partial charge is 0.123 e. The minimum Gasteiger partial charge on any atom is -0.247 e. The van der Waals surface area contributed by atoms with Crippen LogP contribution in [0.4, 0.5) is 4.39 Å². The highest BCUT2D eigenvalue weighted by Gasteiger charge is 2.05. The Labute approximate surface area is 110 Å². The van der Waals surface area contributed by atoms with Crippen molar-refractivity contribution in [3.63, 3.8) is 0 Å². The lowest BCUT2D eigenvalue weighted by atomic mass is 10.2. The zero-order chi connectivity index (χ0) is 13.1. The summed E-state index contributed by atoms with van der Waals surface area (Å²) in [5.41, 5.74) is 2.56. The topological polar surface area (TPSA) is 30.7 Å². The minimum absolute atomic E-state index is 0.268. The number of hydrogen-bond acceptors (Lipinski definition) is 2. The number of rotatable bonds is 3. The summed E-state index contributed by atoms with van der Waals surface area (Å²) in [7, 11) is 0. The summed E-state index contributed by atoms with van der Waals surface area (Å²) < 4.78 is 14.9. The number of halogens is 1. The van der Waals surface area contributed by atoms with E-state index in [-0.39, 0.29) is 5.82 Å². The third-order valence-corrected chi connectivity index (χ3v) is 2.85. The zero-order valence-corrected chi connectivity index (χ0v) is 10.2. The molecule has 19 heavy (non-hydrogen) atoms. The Morgan fingerprint density at radius 3 is 2.63 bits per heavy atom. The molecule has 1 heterocycles. The summed E-state index contributed by atoms with van der Waals surface area (Å²) in [5.74, 6) is -0.268. The second-order valence-corrected chi connectivity index (χ2v) is 4.30. The van der Waals surface area contributed by atoms with Crippen molar-refractivity contribution in [2.75, 3.05) is 0 Å². The third-order valence-electron chi connectivity index (χ3n) is 2.85. The van der Waals surface area contributed by atoms with Crippen LogP contribution < -0.4 is 0 Å². The van der Waals surface area contributed by atoms with Gasteiger partial charge in [-0.2, -0.15) is 0 Å². The molecule has 0 radical (unpaired) electrons. The first-order chi connectivity index (χ1) is 9.31. The van der Waals surface area contributed by atoms with Crippen molar-refractivity contribution < 1.29 is 4.39 Å². The van der Waals surface area contributed by atoms with Crippen molar-refractivity contribution in [1.82, 2.24) is 15.0 Å². The maximum absolute atomic E-state index is 13.2. The second kappa shape index (κ2) is 5.02. The largest absolute Gasteiger partial charge is 0.247 e. The van der Waals surface area contributed by atoms with Gasteiger partial charge in [0.1, 0.15) is 11.5 Å². The summed E-state index contributed by atoms with van der Waals surface area (Å²) in [6.07, 6.45) is 1.82. The summed E-state index contributed by atoms with van der Waals surface area (Å²) in [4.78, 5) is 0. The minimum atomic E-state index is -0.268. The van der Waals surface area contributed by atoms with E-state index in [1.165, 1.54) is 12.1 Å². The zero-order valence-electron chi connectivity index (χ0n) is 10.2. The molecule has 0 atom stereocenters. The van der Waals surface area contributed by atoms with Gasteiger partial charge in [-0.25, -0.2) is 9.07 Å². The fourth-order valence-corrected chi connectivity index (χ4v) is 1.93. The van der Waals surface area contributed by atoms with Gasteiger partial charge in [-0.15, -0.1) is 5.10 Å². The van der Waals surface area contributed by atoms with Crippen LogP contribution in [0.25, 0.3) is 11.3 Å². The van der Waals surface area contributed by atoms with Crippen molar-refractivity contribution in [1.29, 1.82) is 0 Å². The highest BCUT2D eigenvalue weighted by Crippen LogP contribution is 2.17. The number of benzene rings is 2. The van der Waals surface area contributed by atoms with E-state index in [0.29, 0.717) is 12.2 Å². The molecule has 0 aliphatic heterocycles. The van der Waals surface area contributed by atoms with Crippen molar-refractivity contribution in [2.24, 2.45) is 0 Å². The third kappa shape index (κ3) is 2.68. The van der Waals surface area contributed by atoms with Crippen molar-refractivity contribution in [3.8, 4) is 11.3 Å². The molecule has 3 nitrogen and oxygen atoms in total. The molecule has 0 saturated heterocycles. The number of aromatic nitrogens is 3. The van der Waals surface area contributed by atoms with Crippen LogP contribution in [-0.2, 0) is 6.54 Å². The molecule has 0 spiro atoms. The van der Waals surface area contributed by atoms with Crippen LogP contribution in [0.1, 0.15) is 5.56 Å². The Hall–Kier alpha value is -2.49. The van der Waals surface area contributed by atoms with Crippen LogP contribution in [0.15, 0.2) is 60.8 Å². The van der Waals surface area contributed by atoms with Crippen LogP contribution in [0.2, 0.25) is 0 Å². The van der Waals surface area contributed by atoms with Crippen molar-refractivity contribution in [2.45, 2.75) is 6.54 Å². The van der Waals surface area contributed by atoms with E-state index >= 15 is 0 Å². The molecule has 0 aliphatic carbocycles. The number of hydrogen-bond donors (Lipinski definition) is 0. The second-order valence-electron chi connectivity index (χ2n) is 4.30. The molecule has 0 amide bonds. The van der Waals surface area contributed by atoms with E-state index in [9.17, 15) is 4.39 Å². The van der Waals surface area contributed by atoms with Crippen LogP contribution in [0.5, 0.6) is 0 Å². The van der Waals surface area contributed by atoms with Gasteiger partial charge in [0, 0.05) is 5.56 Å². The summed E-state index contributed by atoms with van der Waals surface area (Å²) in [6, 6.07) is 16.4. The predicted octanol–water partition coefficient (Wildman–Crippen LogP) is 3.13. The van der Waals surface area contributed by atoms with Crippen molar-refractivity contribution in [3.05, 3.63) is 72.2 Å². The normalized spacial score (nSPS) is 10.6. The van der Waals surface area contributed by atoms with Crippen LogP contribution >= 0.6 is 0 Å². The molecular weight excluding hydrogens is 241 g/mol. The molecule has 3 aromatic rings. The van der Waals surface area contributed by atoms with Crippen LogP contribution in [-0.4, -0.2) is 15.0 Å². The highest BCUT2D eigenvalue weighted by atomic mass is 19.1. The SMILES string of the molecule is Fc1cccc(-c2cn(Cc3ccccc3)nn2)c1. The first-order valence-corrected chi connectivity index (χ1v) is 6.01. The van der Waals surface area contributed by atoms with Gasteiger partial charge in [0.15, 0.2) is 0 Å². The Bertz CT molecular complexity index is 677. The Morgan fingerprint density at radius 1 is 1.00 bits per heavy atom. The van der Waals surface area contributed by atoms with E-state index in [4.69, 9.17) is 0 Å². The van der Waals surface area contributed by atoms with E-state index in [2.05, 4.69) is 10.3 Å². The van der Waals surface area contributed by atoms with E-state index in [1.54, 1.807) is 10.7 Å². The van der Waals surface area contributed by atoms with Gasteiger partial charge in [-0.1, -0.05) is 47.7 Å². The highest BCUT2D eigenvalue weighted by molar-refractivity contribution is 5.57. The average molecular weight is 253 g/mol. The molecule has 0 aliphatic rings. The lowest BCUT2D eigenvalue weighted by Crippen LogP contribution is -1.99. The van der Waals surface area contributed by atoms with Gasteiger partial charge in [0.05, 0.1) is 12.7 Å². The molecule has 0 saturated carbocycles. The summed E-state index contributed by atoms with van der Waals surface area (Å²) in [6.45, 7) is 0.656. The molecule has 0 N–H and O–H groups in total. The first kappa shape index (κ1) is 11.6. The van der Waals surface area contributed by atoms with Gasteiger partial charge in [0.2, 0.25) is 0 Å². The molecule has 94 valence electrons. The maximum Gasteiger partial charge on any atom is 0.123 e. The Morgan fingerprint density at radius 2 is 1.84 bits per heavy atom. The fourth-order valence-electron chi connectivity index (χ4n) is 1.93. The maximum atomic E-state index is 13.2. The fraction of sp³-hybridized carbons (Fsp3) is 0.0667.